The van der Waals surface area contributed by atoms with Crippen molar-refractivity contribution >= 4 is 11.9 Å². The van der Waals surface area contributed by atoms with Crippen molar-refractivity contribution < 1.29 is 4.84 Å². The van der Waals surface area contributed by atoms with Crippen LogP contribution in [0.1, 0.15) is 12.5 Å². The van der Waals surface area contributed by atoms with Crippen LogP contribution in [0.2, 0.25) is 0 Å². The zero-order chi connectivity index (χ0) is 9.52. The van der Waals surface area contributed by atoms with Crippen LogP contribution in [0.5, 0.6) is 0 Å². The van der Waals surface area contributed by atoms with E-state index in [0.29, 0.717) is 12.3 Å². The first-order chi connectivity index (χ1) is 6.36. The normalized spacial score (nSPS) is 10.2. The average molecular weight is 178 g/mol. The third-order valence-corrected chi connectivity index (χ3v) is 1.40. The molecular weight excluding hydrogens is 168 g/mol. The fourth-order valence-corrected chi connectivity index (χ4v) is 0.794. The molecule has 13 heavy (non-hydrogen) atoms. The van der Waals surface area contributed by atoms with Gasteiger partial charge in [0.2, 0.25) is 0 Å². The third kappa shape index (κ3) is 3.02. The second kappa shape index (κ2) is 5.03. The van der Waals surface area contributed by atoms with Gasteiger partial charge in [0, 0.05) is 0 Å². The van der Waals surface area contributed by atoms with Crippen LogP contribution in [0.15, 0.2) is 34.6 Å². The second-order valence-corrected chi connectivity index (χ2v) is 2.34. The van der Waals surface area contributed by atoms with Crippen LogP contribution in [0.25, 0.3) is 0 Å². The van der Waals surface area contributed by atoms with E-state index in [2.05, 4.69) is 10.3 Å². The smallest absolute Gasteiger partial charge is 0.114 e. The van der Waals surface area contributed by atoms with E-state index in [1.807, 2.05) is 6.92 Å². The predicted octanol–water partition coefficient (Wildman–Crippen LogP) is 2.45. The first-order valence-corrected chi connectivity index (χ1v) is 3.95. The lowest BCUT2D eigenvalue weighted by Gasteiger charge is -1.93. The lowest BCUT2D eigenvalue weighted by atomic mass is 10.2. The molecule has 0 saturated heterocycles. The summed E-state index contributed by atoms with van der Waals surface area (Å²) in [6, 6.07) is 6.75. The molecular formula is C9H10N2O2. The Bertz CT molecular complexity index is 293. The van der Waals surface area contributed by atoms with Gasteiger partial charge >= 0.3 is 0 Å². The first-order valence-electron chi connectivity index (χ1n) is 3.95. The van der Waals surface area contributed by atoms with Gasteiger partial charge in [0.05, 0.1) is 6.21 Å². The minimum absolute atomic E-state index is 0.411. The summed E-state index contributed by atoms with van der Waals surface area (Å²) in [5, 5.41) is 6.46. The Morgan fingerprint density at radius 1 is 1.38 bits per heavy atom. The Morgan fingerprint density at radius 2 is 2.08 bits per heavy atom. The standard InChI is InChI=1S/C9H10N2O2/c1-2-13-10-7-8-3-5-9(11-12)6-4-8/h3-7H,2H2,1H3/b10-7+. The Balaban J connectivity index is 2.63. The molecule has 0 radical (unpaired) electrons. The molecule has 0 bridgehead atoms. The van der Waals surface area contributed by atoms with E-state index in [9.17, 15) is 4.91 Å². The summed E-state index contributed by atoms with van der Waals surface area (Å²) in [6.07, 6.45) is 1.58. The van der Waals surface area contributed by atoms with Crippen molar-refractivity contribution in [2.45, 2.75) is 6.92 Å². The molecule has 0 aliphatic rings. The number of rotatable bonds is 4. The molecule has 0 aromatic heterocycles. The number of nitroso groups, excluding NO2 is 1. The van der Waals surface area contributed by atoms with Gasteiger partial charge in [0.1, 0.15) is 12.3 Å². The average Bonchev–Trinajstić information content (AvgIpc) is 2.19. The largest absolute Gasteiger partial charge is 0.396 e. The van der Waals surface area contributed by atoms with E-state index in [-0.39, 0.29) is 0 Å². The molecule has 1 aromatic carbocycles. The maximum Gasteiger partial charge on any atom is 0.114 e. The fraction of sp³-hybridized carbons (Fsp3) is 0.222. The lowest BCUT2D eigenvalue weighted by Crippen LogP contribution is -1.83. The van der Waals surface area contributed by atoms with Gasteiger partial charge in [0.15, 0.2) is 0 Å². The minimum Gasteiger partial charge on any atom is -0.396 e. The molecule has 0 unspecified atom stereocenters. The van der Waals surface area contributed by atoms with E-state index in [1.54, 1.807) is 30.5 Å². The molecule has 0 saturated carbocycles. The highest BCUT2D eigenvalue weighted by atomic mass is 16.6. The van der Waals surface area contributed by atoms with Crippen LogP contribution >= 0.6 is 0 Å². The molecule has 4 nitrogen and oxygen atoms in total. The van der Waals surface area contributed by atoms with Gasteiger partial charge in [-0.3, -0.25) is 0 Å². The Kier molecular flexibility index (Phi) is 3.63. The molecule has 0 amide bonds. The van der Waals surface area contributed by atoms with Gasteiger partial charge in [-0.05, 0) is 29.8 Å². The van der Waals surface area contributed by atoms with Crippen molar-refractivity contribution in [3.05, 3.63) is 34.7 Å². The molecule has 0 aliphatic carbocycles. The van der Waals surface area contributed by atoms with Crippen LogP contribution in [0, 0.1) is 4.91 Å². The molecule has 0 aliphatic heterocycles. The molecule has 1 rings (SSSR count). The van der Waals surface area contributed by atoms with Crippen LogP contribution in [-0.4, -0.2) is 12.8 Å². The maximum atomic E-state index is 10.1. The summed E-state index contributed by atoms with van der Waals surface area (Å²) in [6.45, 7) is 2.40. The van der Waals surface area contributed by atoms with Gasteiger partial charge in [-0.25, -0.2) is 0 Å². The topological polar surface area (TPSA) is 51.0 Å². The van der Waals surface area contributed by atoms with E-state index in [0.717, 1.165) is 5.56 Å². The van der Waals surface area contributed by atoms with Gasteiger partial charge in [0.25, 0.3) is 0 Å². The number of hydrogen-bond acceptors (Lipinski definition) is 4. The molecule has 0 spiro atoms. The van der Waals surface area contributed by atoms with Crippen molar-refractivity contribution in [3.8, 4) is 0 Å². The van der Waals surface area contributed by atoms with Crippen molar-refractivity contribution in [2.24, 2.45) is 10.3 Å². The lowest BCUT2D eigenvalue weighted by molar-refractivity contribution is 0.160. The van der Waals surface area contributed by atoms with Crippen molar-refractivity contribution in [3.63, 3.8) is 0 Å². The fourth-order valence-electron chi connectivity index (χ4n) is 0.794. The Hall–Kier alpha value is -1.71. The summed E-state index contributed by atoms with van der Waals surface area (Å²) in [4.78, 5) is 14.8. The Labute approximate surface area is 76.2 Å². The highest BCUT2D eigenvalue weighted by Crippen LogP contribution is 2.10. The monoisotopic (exact) mass is 178 g/mol. The molecule has 0 N–H and O–H groups in total. The first kappa shape index (κ1) is 9.38. The van der Waals surface area contributed by atoms with E-state index < -0.39 is 0 Å². The second-order valence-electron chi connectivity index (χ2n) is 2.34. The Morgan fingerprint density at radius 3 is 2.62 bits per heavy atom. The van der Waals surface area contributed by atoms with Gasteiger partial charge < -0.3 is 4.84 Å². The summed E-state index contributed by atoms with van der Waals surface area (Å²) < 4.78 is 0. The summed E-state index contributed by atoms with van der Waals surface area (Å²) in [7, 11) is 0. The van der Waals surface area contributed by atoms with Crippen LogP contribution < -0.4 is 0 Å². The van der Waals surface area contributed by atoms with Gasteiger partial charge in [-0.1, -0.05) is 17.3 Å². The van der Waals surface area contributed by atoms with Crippen LogP contribution in [0.3, 0.4) is 0 Å². The number of benzene rings is 1. The van der Waals surface area contributed by atoms with Crippen molar-refractivity contribution in [2.75, 3.05) is 6.61 Å². The molecule has 0 atom stereocenters. The van der Waals surface area contributed by atoms with Crippen molar-refractivity contribution in [1.82, 2.24) is 0 Å². The van der Waals surface area contributed by atoms with E-state index >= 15 is 0 Å². The molecule has 4 heteroatoms. The van der Waals surface area contributed by atoms with E-state index in [4.69, 9.17) is 4.84 Å². The highest BCUT2D eigenvalue weighted by molar-refractivity contribution is 5.79. The van der Waals surface area contributed by atoms with Gasteiger partial charge in [-0.15, -0.1) is 4.91 Å². The summed E-state index contributed by atoms with van der Waals surface area (Å²) in [5.41, 5.74) is 1.29. The number of hydrogen-bond donors (Lipinski definition) is 0. The highest BCUT2D eigenvalue weighted by Gasteiger charge is 1.90. The zero-order valence-electron chi connectivity index (χ0n) is 7.30. The van der Waals surface area contributed by atoms with Crippen LogP contribution in [-0.2, 0) is 4.84 Å². The predicted molar refractivity (Wildman–Crippen MR) is 51.1 cm³/mol. The van der Waals surface area contributed by atoms with Gasteiger partial charge in [-0.2, -0.15) is 0 Å². The molecule has 0 heterocycles. The van der Waals surface area contributed by atoms with Crippen molar-refractivity contribution in [1.29, 1.82) is 0 Å². The molecule has 68 valence electrons. The number of nitrogens with zero attached hydrogens (tertiary/aromatic N) is 2. The summed E-state index contributed by atoms with van der Waals surface area (Å²) >= 11 is 0. The minimum atomic E-state index is 0.411. The number of oxime groups is 1. The molecule has 0 fully saturated rings. The summed E-state index contributed by atoms with van der Waals surface area (Å²) in [5.74, 6) is 0. The third-order valence-electron chi connectivity index (χ3n) is 1.40. The van der Waals surface area contributed by atoms with Crippen LogP contribution in [0.4, 0.5) is 5.69 Å². The molecule has 1 aromatic rings. The maximum absolute atomic E-state index is 10.1. The quantitative estimate of drug-likeness (QED) is 0.404. The SMILES string of the molecule is CCO/N=C/c1ccc(N=O)cc1. The zero-order valence-corrected chi connectivity index (χ0v) is 7.30. The van der Waals surface area contributed by atoms with E-state index in [1.165, 1.54) is 0 Å².